The van der Waals surface area contributed by atoms with Gasteiger partial charge in [-0.1, -0.05) is 0 Å². The van der Waals surface area contributed by atoms with Crippen LogP contribution in [0.3, 0.4) is 0 Å². The van der Waals surface area contributed by atoms with Crippen molar-refractivity contribution in [2.24, 2.45) is 0 Å². The van der Waals surface area contributed by atoms with E-state index in [4.69, 9.17) is 11.6 Å². The Bertz CT molecular complexity index is 406. The number of hydrogen-bond donors (Lipinski definition) is 0. The highest BCUT2D eigenvalue weighted by atomic mass is 35.5. The number of alkyl halides is 1. The van der Waals surface area contributed by atoms with Crippen molar-refractivity contribution >= 4 is 17.4 Å². The van der Waals surface area contributed by atoms with E-state index < -0.39 is 22.9 Å². The van der Waals surface area contributed by atoms with Crippen LogP contribution in [0.5, 0.6) is 0 Å². The quantitative estimate of drug-likeness (QED) is 0.595. The van der Waals surface area contributed by atoms with Crippen molar-refractivity contribution in [3.05, 3.63) is 35.1 Å². The van der Waals surface area contributed by atoms with E-state index in [-0.39, 0.29) is 17.2 Å². The summed E-state index contributed by atoms with van der Waals surface area (Å²) < 4.78 is 38.7. The van der Waals surface area contributed by atoms with Crippen LogP contribution in [0.2, 0.25) is 0 Å². The lowest BCUT2D eigenvalue weighted by Crippen LogP contribution is -2.30. The molecule has 1 aromatic carbocycles. The van der Waals surface area contributed by atoms with Crippen LogP contribution in [-0.4, -0.2) is 11.7 Å². The van der Waals surface area contributed by atoms with Gasteiger partial charge in [-0.15, -0.1) is 11.6 Å². The zero-order valence-electron chi connectivity index (χ0n) is 8.78. The zero-order valence-corrected chi connectivity index (χ0v) is 9.54. The molecule has 0 fully saturated rings. The van der Waals surface area contributed by atoms with Crippen LogP contribution in [0.25, 0.3) is 0 Å². The first-order chi connectivity index (χ1) is 7.30. The van der Waals surface area contributed by atoms with E-state index in [1.165, 1.54) is 13.8 Å². The Balaban J connectivity index is 3.29. The number of halogens is 4. The number of ketones is 1. The lowest BCUT2D eigenvalue weighted by molar-refractivity contribution is -0.121. The van der Waals surface area contributed by atoms with Crippen molar-refractivity contribution in [3.8, 4) is 0 Å². The molecule has 0 N–H and O–H groups in total. The molecule has 88 valence electrons. The van der Waals surface area contributed by atoms with Crippen LogP contribution in [0.4, 0.5) is 13.2 Å². The molecule has 5 heteroatoms. The van der Waals surface area contributed by atoms with Gasteiger partial charge in [0.25, 0.3) is 0 Å². The molecule has 0 aliphatic carbocycles. The van der Waals surface area contributed by atoms with Gasteiger partial charge in [0.15, 0.2) is 23.2 Å². The van der Waals surface area contributed by atoms with E-state index in [1.54, 1.807) is 0 Å². The topological polar surface area (TPSA) is 17.1 Å². The smallest absolute Gasteiger partial charge is 0.194 e. The normalized spacial score (nSPS) is 11.6. The molecule has 0 spiro atoms. The lowest BCUT2D eigenvalue weighted by Gasteiger charge is -2.22. The summed E-state index contributed by atoms with van der Waals surface area (Å²) in [6.45, 7) is 2.95. The maximum atomic E-state index is 13.0. The fourth-order valence-electron chi connectivity index (χ4n) is 1.24. The number of rotatable bonds is 3. The van der Waals surface area contributed by atoms with E-state index in [1.807, 2.05) is 0 Å². The van der Waals surface area contributed by atoms with Crippen LogP contribution >= 0.6 is 11.6 Å². The number of hydrogen-bond acceptors (Lipinski definition) is 1. The first kappa shape index (κ1) is 13.0. The SMILES string of the molecule is CC(C)(C(=O)CCl)c1cc(F)c(F)c(F)c1. The molecule has 16 heavy (non-hydrogen) atoms. The van der Waals surface area contributed by atoms with Crippen LogP contribution in [0.1, 0.15) is 19.4 Å². The van der Waals surface area contributed by atoms with Crippen molar-refractivity contribution in [1.29, 1.82) is 0 Å². The van der Waals surface area contributed by atoms with Crippen molar-refractivity contribution in [3.63, 3.8) is 0 Å². The highest BCUT2D eigenvalue weighted by Gasteiger charge is 2.30. The predicted octanol–water partition coefficient (Wildman–Crippen LogP) is 3.19. The minimum absolute atomic E-state index is 0.0644. The summed E-state index contributed by atoms with van der Waals surface area (Å²) in [6.07, 6.45) is 0. The second-order valence-corrected chi connectivity index (χ2v) is 4.20. The molecular weight excluding hydrogens is 241 g/mol. The molecule has 0 aliphatic heterocycles. The molecular formula is C11H10ClF3O. The number of Topliss-reactive ketones (excluding diaryl/α,β-unsaturated/α-hetero) is 1. The average Bonchev–Trinajstić information content (AvgIpc) is 2.23. The molecule has 0 amide bonds. The highest BCUT2D eigenvalue weighted by Crippen LogP contribution is 2.27. The van der Waals surface area contributed by atoms with Crippen LogP contribution in [-0.2, 0) is 10.2 Å². The van der Waals surface area contributed by atoms with Gasteiger partial charge in [-0.25, -0.2) is 13.2 Å². The van der Waals surface area contributed by atoms with Crippen molar-refractivity contribution in [1.82, 2.24) is 0 Å². The van der Waals surface area contributed by atoms with Crippen molar-refractivity contribution in [2.45, 2.75) is 19.3 Å². The summed E-state index contributed by atoms with van der Waals surface area (Å²) in [5.41, 5.74) is -1.08. The second-order valence-electron chi connectivity index (χ2n) is 3.94. The molecule has 1 aromatic rings. The lowest BCUT2D eigenvalue weighted by atomic mass is 9.81. The Morgan fingerprint density at radius 3 is 2.06 bits per heavy atom. The van der Waals surface area contributed by atoms with E-state index in [9.17, 15) is 18.0 Å². The van der Waals surface area contributed by atoms with Gasteiger partial charge in [0.05, 0.1) is 5.88 Å². The fraction of sp³-hybridized carbons (Fsp3) is 0.364. The highest BCUT2D eigenvalue weighted by molar-refractivity contribution is 6.28. The summed E-state index contributed by atoms with van der Waals surface area (Å²) >= 11 is 5.39. The largest absolute Gasteiger partial charge is 0.297 e. The first-order valence-corrected chi connectivity index (χ1v) is 5.08. The third-order valence-corrected chi connectivity index (χ3v) is 2.77. The van der Waals surface area contributed by atoms with Gasteiger partial charge in [-0.05, 0) is 31.5 Å². The van der Waals surface area contributed by atoms with Gasteiger partial charge >= 0.3 is 0 Å². The maximum Gasteiger partial charge on any atom is 0.194 e. The van der Waals surface area contributed by atoms with Crippen LogP contribution in [0, 0.1) is 17.5 Å². The average molecular weight is 251 g/mol. The molecule has 0 aliphatic rings. The molecule has 0 saturated carbocycles. The van der Waals surface area contributed by atoms with Gasteiger partial charge in [0.1, 0.15) is 0 Å². The molecule has 0 aromatic heterocycles. The minimum Gasteiger partial charge on any atom is -0.297 e. The van der Waals surface area contributed by atoms with Crippen LogP contribution in [0.15, 0.2) is 12.1 Å². The summed E-state index contributed by atoms with van der Waals surface area (Å²) in [6, 6.07) is 1.62. The first-order valence-electron chi connectivity index (χ1n) is 4.55. The Kier molecular flexibility index (Phi) is 3.63. The Morgan fingerprint density at radius 2 is 1.69 bits per heavy atom. The maximum absolute atomic E-state index is 13.0. The fourth-order valence-corrected chi connectivity index (χ4v) is 1.58. The molecule has 0 bridgehead atoms. The third kappa shape index (κ3) is 2.21. The van der Waals surface area contributed by atoms with Gasteiger partial charge in [-0.3, -0.25) is 4.79 Å². The molecule has 0 radical (unpaired) electrons. The monoisotopic (exact) mass is 250 g/mol. The van der Waals surface area contributed by atoms with Crippen molar-refractivity contribution in [2.75, 3.05) is 5.88 Å². The Labute approximate surface area is 96.2 Å². The summed E-state index contributed by atoms with van der Waals surface area (Å²) in [7, 11) is 0. The Morgan fingerprint density at radius 1 is 1.25 bits per heavy atom. The number of carbonyl (C=O) groups is 1. The molecule has 0 heterocycles. The van der Waals surface area contributed by atoms with E-state index in [0.717, 1.165) is 12.1 Å². The van der Waals surface area contributed by atoms with E-state index >= 15 is 0 Å². The minimum atomic E-state index is -1.54. The van der Waals surface area contributed by atoms with Gasteiger partial charge in [0.2, 0.25) is 0 Å². The van der Waals surface area contributed by atoms with Crippen molar-refractivity contribution < 1.29 is 18.0 Å². The summed E-state index contributed by atoms with van der Waals surface area (Å²) in [5.74, 6) is -4.83. The zero-order chi connectivity index (χ0) is 12.5. The van der Waals surface area contributed by atoms with Crippen LogP contribution < -0.4 is 0 Å². The van der Waals surface area contributed by atoms with E-state index in [2.05, 4.69) is 0 Å². The predicted molar refractivity (Wildman–Crippen MR) is 55.1 cm³/mol. The molecule has 1 rings (SSSR count). The summed E-state index contributed by atoms with van der Waals surface area (Å²) in [5, 5.41) is 0. The van der Waals surface area contributed by atoms with Gasteiger partial charge in [0, 0.05) is 5.41 Å². The van der Waals surface area contributed by atoms with Gasteiger partial charge < -0.3 is 0 Å². The molecule has 0 atom stereocenters. The number of carbonyl (C=O) groups excluding carboxylic acids is 1. The molecule has 0 unspecified atom stereocenters. The third-order valence-electron chi connectivity index (χ3n) is 2.52. The molecule has 1 nitrogen and oxygen atoms in total. The number of benzene rings is 1. The summed E-state index contributed by atoms with van der Waals surface area (Å²) in [4.78, 5) is 11.5. The second kappa shape index (κ2) is 4.45. The van der Waals surface area contributed by atoms with E-state index in [0.29, 0.717) is 0 Å². The Hall–Kier alpha value is -1.03. The molecule has 0 saturated heterocycles. The van der Waals surface area contributed by atoms with Gasteiger partial charge in [-0.2, -0.15) is 0 Å². The standard InChI is InChI=1S/C11H10ClF3O/c1-11(2,9(16)5-12)6-3-7(13)10(15)8(14)4-6/h3-4H,5H2,1-2H3.